The Labute approximate surface area is 229 Å². The fourth-order valence-corrected chi connectivity index (χ4v) is 5.03. The molecule has 39 heavy (non-hydrogen) atoms. The van der Waals surface area contributed by atoms with Gasteiger partial charge in [0.05, 0.1) is 5.92 Å². The number of carboxylic acid groups (broad SMARTS) is 2. The number of benzene rings is 2. The van der Waals surface area contributed by atoms with Crippen molar-refractivity contribution in [3.8, 4) is 0 Å². The van der Waals surface area contributed by atoms with Crippen LogP contribution in [0.3, 0.4) is 0 Å². The molecule has 208 valence electrons. The van der Waals surface area contributed by atoms with Gasteiger partial charge in [-0.05, 0) is 62.5 Å². The second-order valence-electron chi connectivity index (χ2n) is 9.89. The van der Waals surface area contributed by atoms with E-state index in [9.17, 15) is 19.2 Å². The highest BCUT2D eigenvalue weighted by molar-refractivity contribution is 5.99. The van der Waals surface area contributed by atoms with Crippen molar-refractivity contribution in [3.63, 3.8) is 0 Å². The van der Waals surface area contributed by atoms with Gasteiger partial charge in [0, 0.05) is 44.4 Å². The zero-order valence-corrected chi connectivity index (χ0v) is 22.3. The molecule has 2 N–H and O–H groups in total. The molecule has 0 saturated carbocycles. The molecule has 0 radical (unpaired) electrons. The van der Waals surface area contributed by atoms with Crippen LogP contribution in [0.5, 0.6) is 0 Å². The van der Waals surface area contributed by atoms with E-state index in [4.69, 9.17) is 10.2 Å². The van der Waals surface area contributed by atoms with E-state index in [1.807, 2.05) is 35.2 Å². The van der Waals surface area contributed by atoms with E-state index >= 15 is 0 Å². The number of carboxylic acids is 2. The summed E-state index contributed by atoms with van der Waals surface area (Å²) in [6.45, 7) is 4.44. The van der Waals surface area contributed by atoms with E-state index < -0.39 is 11.9 Å². The van der Waals surface area contributed by atoms with Crippen LogP contribution in [-0.4, -0.2) is 83.5 Å². The van der Waals surface area contributed by atoms with Crippen molar-refractivity contribution in [2.75, 3.05) is 44.7 Å². The van der Waals surface area contributed by atoms with Gasteiger partial charge in [-0.2, -0.15) is 0 Å². The lowest BCUT2D eigenvalue weighted by atomic mass is 9.89. The summed E-state index contributed by atoms with van der Waals surface area (Å²) in [5, 5.41) is 15.6. The van der Waals surface area contributed by atoms with Crippen molar-refractivity contribution in [1.82, 2.24) is 9.80 Å². The standard InChI is InChI=1S/C26H33N3O2.C4H4O4/c1-27-20-23(19-25(27)30)26(31)29(24-11-6-3-7-12-24)16-8-15-28-17-13-22(14-18-28)21-9-4-2-5-10-21;5-3(6)1-2-4(7)8/h2-7,9-12,22-23H,8,13-20H2,1H3;1-2H,(H,5,6)(H,7,8)/b;2-1+. The largest absolute Gasteiger partial charge is 0.478 e. The van der Waals surface area contributed by atoms with Crippen molar-refractivity contribution >= 4 is 29.4 Å². The Balaban J connectivity index is 0.000000459. The first-order valence-electron chi connectivity index (χ1n) is 13.3. The third-order valence-electron chi connectivity index (χ3n) is 7.11. The molecule has 4 rings (SSSR count). The Morgan fingerprint density at radius 1 is 0.923 bits per heavy atom. The molecule has 0 aromatic heterocycles. The van der Waals surface area contributed by atoms with Gasteiger partial charge >= 0.3 is 11.9 Å². The maximum atomic E-state index is 13.3. The summed E-state index contributed by atoms with van der Waals surface area (Å²) in [5.74, 6) is -1.95. The van der Waals surface area contributed by atoms with Gasteiger partial charge in [-0.3, -0.25) is 9.59 Å². The van der Waals surface area contributed by atoms with Gasteiger partial charge in [0.25, 0.3) is 0 Å². The first-order chi connectivity index (χ1) is 18.7. The number of carbonyl (C=O) groups excluding carboxylic acids is 2. The van der Waals surface area contributed by atoms with Crippen LogP contribution in [-0.2, 0) is 19.2 Å². The summed E-state index contributed by atoms with van der Waals surface area (Å²) < 4.78 is 0. The SMILES string of the molecule is CN1CC(C(=O)N(CCCN2CCC(c3ccccc3)CC2)c2ccccc2)CC1=O.O=C(O)/C=C/C(=O)O. The monoisotopic (exact) mass is 535 g/mol. The number of para-hydroxylation sites is 1. The number of nitrogens with zero attached hydrogens (tertiary/aromatic N) is 3. The van der Waals surface area contributed by atoms with Crippen LogP contribution in [0.1, 0.15) is 37.2 Å². The van der Waals surface area contributed by atoms with Crippen molar-refractivity contribution in [2.45, 2.75) is 31.6 Å². The van der Waals surface area contributed by atoms with E-state index in [0.717, 1.165) is 31.7 Å². The molecular weight excluding hydrogens is 498 g/mol. The van der Waals surface area contributed by atoms with Gasteiger partial charge in [0.1, 0.15) is 0 Å². The van der Waals surface area contributed by atoms with E-state index in [2.05, 4.69) is 35.2 Å². The number of hydrogen-bond acceptors (Lipinski definition) is 5. The molecule has 2 aliphatic rings. The molecule has 0 aliphatic carbocycles. The zero-order chi connectivity index (χ0) is 28.2. The van der Waals surface area contributed by atoms with E-state index in [1.54, 1.807) is 11.9 Å². The van der Waals surface area contributed by atoms with Gasteiger partial charge < -0.3 is 24.9 Å². The van der Waals surface area contributed by atoms with E-state index in [1.165, 1.54) is 18.4 Å². The van der Waals surface area contributed by atoms with Crippen molar-refractivity contribution in [1.29, 1.82) is 0 Å². The normalized spacial score (nSPS) is 18.0. The lowest BCUT2D eigenvalue weighted by molar-refractivity contribution is -0.134. The fourth-order valence-electron chi connectivity index (χ4n) is 5.03. The fraction of sp³-hybridized carbons (Fsp3) is 0.400. The highest BCUT2D eigenvalue weighted by Crippen LogP contribution is 2.28. The molecule has 2 aromatic carbocycles. The quantitative estimate of drug-likeness (QED) is 0.472. The third kappa shape index (κ3) is 9.37. The number of amides is 2. The number of anilines is 1. The molecule has 2 aromatic rings. The Bertz CT molecular complexity index is 1110. The molecule has 2 saturated heterocycles. The summed E-state index contributed by atoms with van der Waals surface area (Å²) in [4.78, 5) is 50.4. The number of likely N-dealkylation sites (tertiary alicyclic amines) is 2. The Morgan fingerprint density at radius 3 is 2.00 bits per heavy atom. The highest BCUT2D eigenvalue weighted by Gasteiger charge is 2.35. The summed E-state index contributed by atoms with van der Waals surface area (Å²) in [6, 6.07) is 20.7. The number of hydrogen-bond donors (Lipinski definition) is 2. The molecule has 1 atom stereocenters. The molecule has 2 aliphatic heterocycles. The zero-order valence-electron chi connectivity index (χ0n) is 22.3. The van der Waals surface area contributed by atoms with Crippen molar-refractivity contribution < 1.29 is 29.4 Å². The second-order valence-corrected chi connectivity index (χ2v) is 9.89. The smallest absolute Gasteiger partial charge is 0.328 e. The van der Waals surface area contributed by atoms with Crippen molar-refractivity contribution in [2.24, 2.45) is 5.92 Å². The molecule has 9 heteroatoms. The summed E-state index contributed by atoms with van der Waals surface area (Å²) in [6.07, 6.45) is 4.77. The third-order valence-corrected chi connectivity index (χ3v) is 7.11. The second kappa shape index (κ2) is 14.8. The average Bonchev–Trinajstić information content (AvgIpc) is 3.29. The molecular formula is C30H37N3O6. The molecule has 2 amide bonds. The summed E-state index contributed by atoms with van der Waals surface area (Å²) in [5.41, 5.74) is 2.39. The minimum absolute atomic E-state index is 0.0626. The maximum Gasteiger partial charge on any atom is 0.328 e. The van der Waals surface area contributed by atoms with Crippen molar-refractivity contribution in [3.05, 3.63) is 78.4 Å². The van der Waals surface area contributed by atoms with Crippen LogP contribution in [0.25, 0.3) is 0 Å². The minimum atomic E-state index is -1.26. The number of aliphatic carboxylic acids is 2. The molecule has 2 heterocycles. The Hall–Kier alpha value is -3.98. The Morgan fingerprint density at radius 2 is 1.49 bits per heavy atom. The summed E-state index contributed by atoms with van der Waals surface area (Å²) >= 11 is 0. The topological polar surface area (TPSA) is 118 Å². The van der Waals surface area contributed by atoms with Crippen LogP contribution in [0.2, 0.25) is 0 Å². The summed E-state index contributed by atoms with van der Waals surface area (Å²) in [7, 11) is 1.78. The van der Waals surface area contributed by atoms with Crippen LogP contribution in [0, 0.1) is 5.92 Å². The van der Waals surface area contributed by atoms with Crippen LogP contribution < -0.4 is 4.90 Å². The van der Waals surface area contributed by atoms with Crippen LogP contribution in [0.4, 0.5) is 5.69 Å². The molecule has 2 fully saturated rings. The number of rotatable bonds is 9. The first kappa shape index (κ1) is 29.6. The first-order valence-corrected chi connectivity index (χ1v) is 13.3. The number of carbonyl (C=O) groups is 4. The van der Waals surface area contributed by atoms with Gasteiger partial charge in [-0.15, -0.1) is 0 Å². The number of piperidine rings is 1. The molecule has 1 unspecified atom stereocenters. The molecule has 0 spiro atoms. The predicted octanol–water partition coefficient (Wildman–Crippen LogP) is 3.48. The molecule has 0 bridgehead atoms. The van der Waals surface area contributed by atoms with Gasteiger partial charge in [0.15, 0.2) is 0 Å². The lowest BCUT2D eigenvalue weighted by Gasteiger charge is -2.33. The van der Waals surface area contributed by atoms with E-state index in [-0.39, 0.29) is 17.7 Å². The maximum absolute atomic E-state index is 13.3. The molecule has 9 nitrogen and oxygen atoms in total. The van der Waals surface area contributed by atoms with E-state index in [0.29, 0.717) is 37.6 Å². The van der Waals surface area contributed by atoms with Crippen LogP contribution in [0.15, 0.2) is 72.8 Å². The van der Waals surface area contributed by atoms with Gasteiger partial charge in [-0.1, -0.05) is 48.5 Å². The average molecular weight is 536 g/mol. The highest BCUT2D eigenvalue weighted by atomic mass is 16.4. The van der Waals surface area contributed by atoms with Crippen LogP contribution >= 0.6 is 0 Å². The minimum Gasteiger partial charge on any atom is -0.478 e. The van der Waals surface area contributed by atoms with Gasteiger partial charge in [-0.25, -0.2) is 9.59 Å². The van der Waals surface area contributed by atoms with Gasteiger partial charge in [0.2, 0.25) is 11.8 Å². The lowest BCUT2D eigenvalue weighted by Crippen LogP contribution is -2.40. The predicted molar refractivity (Wildman–Crippen MR) is 148 cm³/mol. The Kier molecular flexibility index (Phi) is 11.2.